The summed E-state index contributed by atoms with van der Waals surface area (Å²) >= 11 is 0. The lowest BCUT2D eigenvalue weighted by Crippen LogP contribution is -2.35. The second kappa shape index (κ2) is 6.24. The molecule has 5 heteroatoms. The molecule has 0 aliphatic rings. The lowest BCUT2D eigenvalue weighted by atomic mass is 10.3. The topological polar surface area (TPSA) is 35.5 Å². The molecule has 0 saturated heterocycles. The highest BCUT2D eigenvalue weighted by molar-refractivity contribution is 6.70. The van der Waals surface area contributed by atoms with Crippen LogP contribution in [0.4, 0.5) is 0 Å². The Morgan fingerprint density at radius 2 is 2.00 bits per heavy atom. The number of carbonyl (C=O) groups is 1. The minimum Gasteiger partial charge on any atom is -0.462 e. The second-order valence-electron chi connectivity index (χ2n) is 4.53. The van der Waals surface area contributed by atoms with Gasteiger partial charge in [0.15, 0.2) is 8.32 Å². The largest absolute Gasteiger partial charge is 0.462 e. The molecule has 0 rings (SSSR count). The van der Waals surface area contributed by atoms with Crippen LogP contribution in [0.3, 0.4) is 0 Å². The van der Waals surface area contributed by atoms with Crippen LogP contribution in [0.15, 0.2) is 12.2 Å². The summed E-state index contributed by atoms with van der Waals surface area (Å²) in [6.45, 7) is 12.5. The van der Waals surface area contributed by atoms with Crippen molar-refractivity contribution < 1.29 is 14.0 Å². The quantitative estimate of drug-likeness (QED) is 0.399. The molecular formula is C10H22O3Si2. The van der Waals surface area contributed by atoms with Crippen molar-refractivity contribution in [2.24, 2.45) is 0 Å². The predicted molar refractivity (Wildman–Crippen MR) is 68.5 cm³/mol. The molecule has 0 amide bonds. The van der Waals surface area contributed by atoms with Gasteiger partial charge in [0.2, 0.25) is 0 Å². The zero-order chi connectivity index (χ0) is 12.1. The van der Waals surface area contributed by atoms with E-state index in [4.69, 9.17) is 9.16 Å². The minimum absolute atomic E-state index is 0.110. The van der Waals surface area contributed by atoms with Crippen molar-refractivity contribution in [1.82, 2.24) is 0 Å². The number of hydrogen-bond acceptors (Lipinski definition) is 3. The zero-order valence-electron chi connectivity index (χ0n) is 10.4. The van der Waals surface area contributed by atoms with Crippen LogP contribution in [0, 0.1) is 0 Å². The van der Waals surface area contributed by atoms with Crippen LogP contribution in [-0.2, 0) is 14.0 Å². The fourth-order valence-corrected chi connectivity index (χ4v) is 4.61. The number of esters is 1. The van der Waals surface area contributed by atoms with Crippen molar-refractivity contribution in [1.29, 1.82) is 0 Å². The van der Waals surface area contributed by atoms with Crippen LogP contribution in [0.2, 0.25) is 19.6 Å². The molecular weight excluding hydrogens is 224 g/mol. The van der Waals surface area contributed by atoms with E-state index >= 15 is 0 Å². The molecule has 1 atom stereocenters. The normalized spacial score (nSPS) is 13.6. The van der Waals surface area contributed by atoms with Crippen molar-refractivity contribution in [3.8, 4) is 0 Å². The fraction of sp³-hybridized carbons (Fsp3) is 0.700. The first-order chi connectivity index (χ1) is 6.78. The molecule has 0 aromatic carbocycles. The molecule has 15 heavy (non-hydrogen) atoms. The monoisotopic (exact) mass is 246 g/mol. The molecule has 0 aliphatic carbocycles. The Kier molecular flexibility index (Phi) is 6.08. The van der Waals surface area contributed by atoms with Gasteiger partial charge in [-0.3, -0.25) is 0 Å². The van der Waals surface area contributed by atoms with Gasteiger partial charge in [0.05, 0.1) is 17.9 Å². The summed E-state index contributed by atoms with van der Waals surface area (Å²) in [5.74, 6) is -0.310. The van der Waals surface area contributed by atoms with Gasteiger partial charge in [0.25, 0.3) is 0 Å². The highest BCUT2D eigenvalue weighted by Crippen LogP contribution is 2.11. The first kappa shape index (κ1) is 14.6. The lowest BCUT2D eigenvalue weighted by Gasteiger charge is -2.24. The molecule has 0 N–H and O–H groups in total. The summed E-state index contributed by atoms with van der Waals surface area (Å²) < 4.78 is 10.8. The summed E-state index contributed by atoms with van der Waals surface area (Å²) in [6.07, 6.45) is 0.833. The van der Waals surface area contributed by atoms with Gasteiger partial charge in [-0.25, -0.2) is 4.79 Å². The highest BCUT2D eigenvalue weighted by atomic mass is 28.4. The summed E-state index contributed by atoms with van der Waals surface area (Å²) in [4.78, 5) is 11.5. The van der Waals surface area contributed by atoms with Gasteiger partial charge in [-0.05, 0) is 26.1 Å². The van der Waals surface area contributed by atoms with E-state index in [-0.39, 0.29) is 11.7 Å². The summed E-state index contributed by atoms with van der Waals surface area (Å²) in [5, 5.41) is 0. The Morgan fingerprint density at radius 3 is 2.40 bits per heavy atom. The van der Waals surface area contributed by atoms with E-state index in [9.17, 15) is 4.79 Å². The number of hydrogen-bond donors (Lipinski definition) is 0. The van der Waals surface area contributed by atoms with Gasteiger partial charge in [-0.1, -0.05) is 13.5 Å². The minimum atomic E-state index is -1.59. The van der Waals surface area contributed by atoms with Crippen LogP contribution in [0.5, 0.6) is 0 Å². The molecule has 0 bridgehead atoms. The van der Waals surface area contributed by atoms with E-state index in [1.54, 1.807) is 0 Å². The number of ether oxygens (including phenoxy) is 1. The molecule has 0 heterocycles. The Bertz CT molecular complexity index is 233. The molecule has 0 aliphatic heterocycles. The van der Waals surface area contributed by atoms with Gasteiger partial charge in [-0.2, -0.15) is 0 Å². The Labute approximate surface area is 96.4 Å². The molecule has 0 spiro atoms. The van der Waals surface area contributed by atoms with E-state index in [0.29, 0.717) is 12.2 Å². The third-order valence-corrected chi connectivity index (χ3v) is 4.19. The van der Waals surface area contributed by atoms with Crippen LogP contribution in [0.25, 0.3) is 0 Å². The average molecular weight is 246 g/mol. The Hall–Kier alpha value is -0.396. The van der Waals surface area contributed by atoms with E-state index < -0.39 is 8.32 Å². The second-order valence-corrected chi connectivity index (χ2v) is 10.0. The van der Waals surface area contributed by atoms with Gasteiger partial charge in [0.1, 0.15) is 0 Å². The standard InChI is InChI=1S/C10H22O3Si2/c1-6-7-12-9(11)8(2)10(14)13-15(3,4)5/h10H,2,6-7H2,1,3-5,14H3. The molecule has 1 unspecified atom stereocenters. The van der Waals surface area contributed by atoms with E-state index in [2.05, 4.69) is 26.2 Å². The van der Waals surface area contributed by atoms with Crippen LogP contribution in [-0.4, -0.2) is 36.9 Å². The number of carbonyl (C=O) groups excluding carboxylic acids is 1. The first-order valence-corrected chi connectivity index (χ1v) is 9.88. The molecule has 0 radical (unpaired) electrons. The predicted octanol–water partition coefficient (Wildman–Crippen LogP) is 1.04. The van der Waals surface area contributed by atoms with E-state index in [1.807, 2.05) is 6.92 Å². The maximum Gasteiger partial charge on any atom is 0.335 e. The molecule has 0 saturated carbocycles. The van der Waals surface area contributed by atoms with E-state index in [1.165, 1.54) is 0 Å². The van der Waals surface area contributed by atoms with Gasteiger partial charge in [-0.15, -0.1) is 0 Å². The fourth-order valence-electron chi connectivity index (χ4n) is 1.05. The molecule has 0 aromatic rings. The van der Waals surface area contributed by atoms with E-state index in [0.717, 1.165) is 16.7 Å². The average Bonchev–Trinajstić information content (AvgIpc) is 2.10. The molecule has 0 aromatic heterocycles. The van der Waals surface area contributed by atoms with Crippen molar-refractivity contribution in [2.75, 3.05) is 6.61 Å². The smallest absolute Gasteiger partial charge is 0.335 e. The highest BCUT2D eigenvalue weighted by Gasteiger charge is 2.23. The maximum atomic E-state index is 11.5. The van der Waals surface area contributed by atoms with Gasteiger partial charge < -0.3 is 9.16 Å². The summed E-state index contributed by atoms with van der Waals surface area (Å²) in [7, 11) is -0.822. The lowest BCUT2D eigenvalue weighted by molar-refractivity contribution is -0.139. The van der Waals surface area contributed by atoms with Crippen LogP contribution < -0.4 is 0 Å². The van der Waals surface area contributed by atoms with Crippen molar-refractivity contribution in [2.45, 2.75) is 38.7 Å². The third-order valence-electron chi connectivity index (χ3n) is 1.72. The maximum absolute atomic E-state index is 11.5. The Morgan fingerprint density at radius 1 is 1.47 bits per heavy atom. The zero-order valence-corrected chi connectivity index (χ0v) is 13.4. The molecule has 0 fully saturated rings. The number of rotatable bonds is 6. The van der Waals surface area contributed by atoms with Gasteiger partial charge >= 0.3 is 5.97 Å². The molecule has 3 nitrogen and oxygen atoms in total. The SMILES string of the molecule is C=C(C(=O)OCCC)C([SiH3])O[Si](C)(C)C. The Balaban J connectivity index is 4.14. The van der Waals surface area contributed by atoms with Crippen molar-refractivity contribution in [3.63, 3.8) is 0 Å². The first-order valence-electron chi connectivity index (χ1n) is 5.31. The van der Waals surface area contributed by atoms with Gasteiger partial charge in [0, 0.05) is 10.2 Å². The van der Waals surface area contributed by atoms with Crippen molar-refractivity contribution >= 4 is 24.5 Å². The van der Waals surface area contributed by atoms with Crippen molar-refractivity contribution in [3.05, 3.63) is 12.2 Å². The van der Waals surface area contributed by atoms with Crippen LogP contribution >= 0.6 is 0 Å². The summed E-state index contributed by atoms with van der Waals surface area (Å²) in [6, 6.07) is 0. The van der Waals surface area contributed by atoms with Crippen LogP contribution in [0.1, 0.15) is 13.3 Å². The molecule has 88 valence electrons. The third kappa shape index (κ3) is 6.64. The summed E-state index contributed by atoms with van der Waals surface area (Å²) in [5.41, 5.74) is 0.360.